The Morgan fingerprint density at radius 3 is 2.40 bits per heavy atom. The predicted octanol–water partition coefficient (Wildman–Crippen LogP) is 0.555. The van der Waals surface area contributed by atoms with Gasteiger partial charge in [-0.2, -0.15) is 0 Å². The van der Waals surface area contributed by atoms with Crippen LogP contribution in [0, 0.1) is 0 Å². The first-order valence-electron chi connectivity index (χ1n) is 3.72. The summed E-state index contributed by atoms with van der Waals surface area (Å²) in [6.07, 6.45) is 1.87. The maximum absolute atomic E-state index is 10.5. The fourth-order valence-corrected chi connectivity index (χ4v) is 1.24. The van der Waals surface area contributed by atoms with Crippen molar-refractivity contribution in [2.45, 2.75) is 25.8 Å². The van der Waals surface area contributed by atoms with E-state index in [-0.39, 0.29) is 6.04 Å². The van der Waals surface area contributed by atoms with Gasteiger partial charge in [0.15, 0.2) is 0 Å². The summed E-state index contributed by atoms with van der Waals surface area (Å²) >= 11 is 0. The van der Waals surface area contributed by atoms with E-state index < -0.39 is 5.97 Å². The predicted molar refractivity (Wildman–Crippen MR) is 37.9 cm³/mol. The fraction of sp³-hybridized carbons (Fsp3) is 0.857. The molecule has 1 aliphatic heterocycles. The number of hydrogen-bond donors (Lipinski definition) is 1. The lowest BCUT2D eigenvalue weighted by Gasteiger charge is -2.35. The highest BCUT2D eigenvalue weighted by Crippen LogP contribution is 2.13. The lowest BCUT2D eigenvalue weighted by atomic mass is 10.1. The molecule has 0 unspecified atom stereocenters. The Bertz CT molecular complexity index is 132. The average molecular weight is 143 g/mol. The van der Waals surface area contributed by atoms with Crippen molar-refractivity contribution in [1.29, 1.82) is 0 Å². The van der Waals surface area contributed by atoms with Gasteiger partial charge in [-0.05, 0) is 12.8 Å². The summed E-state index contributed by atoms with van der Waals surface area (Å²) in [6, 6.07) is -0.228. The third kappa shape index (κ3) is 1.29. The molecule has 3 heteroatoms. The molecule has 1 rings (SSSR count). The number of aliphatic carboxylic acids is 1. The molecule has 0 aromatic carbocycles. The van der Waals surface area contributed by atoms with E-state index in [2.05, 4.69) is 0 Å². The molecule has 1 N–H and O–H groups in total. The quantitative estimate of drug-likeness (QED) is 0.627. The second kappa shape index (κ2) is 3.01. The number of rotatable bonds is 3. The van der Waals surface area contributed by atoms with E-state index in [1.807, 2.05) is 11.8 Å². The van der Waals surface area contributed by atoms with Crippen molar-refractivity contribution in [3.63, 3.8) is 0 Å². The topological polar surface area (TPSA) is 40.5 Å². The highest BCUT2D eigenvalue weighted by atomic mass is 16.4. The van der Waals surface area contributed by atoms with Crippen molar-refractivity contribution in [2.75, 3.05) is 13.1 Å². The van der Waals surface area contributed by atoms with Crippen LogP contribution in [0.5, 0.6) is 0 Å². The summed E-state index contributed by atoms with van der Waals surface area (Å²) in [5.41, 5.74) is 0. The van der Waals surface area contributed by atoms with Crippen LogP contribution in [0.1, 0.15) is 19.8 Å². The van der Waals surface area contributed by atoms with Crippen LogP contribution in [-0.4, -0.2) is 35.1 Å². The Morgan fingerprint density at radius 1 is 1.70 bits per heavy atom. The molecular weight excluding hydrogens is 130 g/mol. The van der Waals surface area contributed by atoms with E-state index in [9.17, 15) is 4.79 Å². The van der Waals surface area contributed by atoms with Gasteiger partial charge >= 0.3 is 5.97 Å². The smallest absolute Gasteiger partial charge is 0.320 e. The molecule has 0 aromatic rings. The molecule has 0 radical (unpaired) electrons. The van der Waals surface area contributed by atoms with Crippen LogP contribution >= 0.6 is 0 Å². The van der Waals surface area contributed by atoms with E-state index in [0.717, 1.165) is 25.9 Å². The summed E-state index contributed by atoms with van der Waals surface area (Å²) in [4.78, 5) is 12.5. The van der Waals surface area contributed by atoms with Crippen LogP contribution in [0.3, 0.4) is 0 Å². The molecule has 0 saturated carbocycles. The van der Waals surface area contributed by atoms with Crippen LogP contribution < -0.4 is 0 Å². The summed E-state index contributed by atoms with van der Waals surface area (Å²) in [6.45, 7) is 3.84. The Labute approximate surface area is 60.6 Å². The molecule has 1 fully saturated rings. The molecule has 0 amide bonds. The number of hydrogen-bond acceptors (Lipinski definition) is 2. The zero-order valence-electron chi connectivity index (χ0n) is 6.21. The van der Waals surface area contributed by atoms with E-state index >= 15 is 0 Å². The third-order valence-electron chi connectivity index (χ3n) is 2.00. The Hall–Kier alpha value is -0.570. The van der Waals surface area contributed by atoms with Crippen LogP contribution in [0.25, 0.3) is 0 Å². The standard InChI is InChI=1S/C7H13NO2/c1-2-6(7(9)10)8-4-3-5-8/h6H,2-5H2,1H3,(H,9,10)/t6-/m1/s1. The zero-order valence-corrected chi connectivity index (χ0v) is 6.21. The Kier molecular flexibility index (Phi) is 2.27. The molecule has 10 heavy (non-hydrogen) atoms. The van der Waals surface area contributed by atoms with Crippen LogP contribution in [0.4, 0.5) is 0 Å². The van der Waals surface area contributed by atoms with Crippen molar-refractivity contribution < 1.29 is 9.90 Å². The first-order valence-corrected chi connectivity index (χ1v) is 3.72. The van der Waals surface area contributed by atoms with Gasteiger partial charge < -0.3 is 5.11 Å². The van der Waals surface area contributed by atoms with Crippen molar-refractivity contribution >= 4 is 5.97 Å². The second-order valence-corrected chi connectivity index (χ2v) is 2.65. The molecule has 1 atom stereocenters. The Balaban J connectivity index is 2.39. The zero-order chi connectivity index (χ0) is 7.56. The minimum Gasteiger partial charge on any atom is -0.480 e. The number of carboxylic acids is 1. The van der Waals surface area contributed by atoms with E-state index in [4.69, 9.17) is 5.11 Å². The maximum Gasteiger partial charge on any atom is 0.320 e. The van der Waals surface area contributed by atoms with Gasteiger partial charge in [0.2, 0.25) is 0 Å². The van der Waals surface area contributed by atoms with Crippen molar-refractivity contribution in [3.05, 3.63) is 0 Å². The summed E-state index contributed by atoms with van der Waals surface area (Å²) in [5, 5.41) is 8.67. The molecule has 0 aromatic heterocycles. The molecule has 0 spiro atoms. The van der Waals surface area contributed by atoms with Crippen molar-refractivity contribution in [2.24, 2.45) is 0 Å². The molecule has 0 bridgehead atoms. The van der Waals surface area contributed by atoms with Crippen LogP contribution in [0.15, 0.2) is 0 Å². The molecule has 1 heterocycles. The maximum atomic E-state index is 10.5. The molecule has 1 saturated heterocycles. The van der Waals surface area contributed by atoms with Gasteiger partial charge in [-0.15, -0.1) is 0 Å². The van der Waals surface area contributed by atoms with Gasteiger partial charge in [0, 0.05) is 13.1 Å². The lowest BCUT2D eigenvalue weighted by molar-refractivity contribution is -0.145. The lowest BCUT2D eigenvalue weighted by Crippen LogP contribution is -2.48. The largest absolute Gasteiger partial charge is 0.480 e. The van der Waals surface area contributed by atoms with Gasteiger partial charge in [-0.1, -0.05) is 6.92 Å². The summed E-state index contributed by atoms with van der Waals surface area (Å²) in [5.74, 6) is -0.679. The molecule has 0 aliphatic carbocycles. The molecule has 58 valence electrons. The van der Waals surface area contributed by atoms with Crippen LogP contribution in [-0.2, 0) is 4.79 Å². The minimum atomic E-state index is -0.679. The summed E-state index contributed by atoms with van der Waals surface area (Å²) in [7, 11) is 0. The first kappa shape index (κ1) is 7.54. The molecular formula is C7H13NO2. The fourth-order valence-electron chi connectivity index (χ4n) is 1.24. The number of nitrogens with zero attached hydrogens (tertiary/aromatic N) is 1. The number of carbonyl (C=O) groups is 1. The monoisotopic (exact) mass is 143 g/mol. The van der Waals surface area contributed by atoms with E-state index in [1.165, 1.54) is 0 Å². The highest BCUT2D eigenvalue weighted by Gasteiger charge is 2.27. The van der Waals surface area contributed by atoms with E-state index in [0.29, 0.717) is 0 Å². The number of carboxylic acid groups (broad SMARTS) is 1. The Morgan fingerprint density at radius 2 is 2.30 bits per heavy atom. The van der Waals surface area contributed by atoms with Gasteiger partial charge in [0.05, 0.1) is 0 Å². The van der Waals surface area contributed by atoms with Gasteiger partial charge in [-0.3, -0.25) is 9.69 Å². The summed E-state index contributed by atoms with van der Waals surface area (Å²) < 4.78 is 0. The van der Waals surface area contributed by atoms with Gasteiger partial charge in [-0.25, -0.2) is 0 Å². The highest BCUT2D eigenvalue weighted by molar-refractivity contribution is 5.73. The molecule has 1 aliphatic rings. The minimum absolute atomic E-state index is 0.228. The third-order valence-corrected chi connectivity index (χ3v) is 2.00. The first-order chi connectivity index (χ1) is 4.75. The van der Waals surface area contributed by atoms with Gasteiger partial charge in [0.25, 0.3) is 0 Å². The normalized spacial score (nSPS) is 21.7. The van der Waals surface area contributed by atoms with Crippen LogP contribution in [0.2, 0.25) is 0 Å². The van der Waals surface area contributed by atoms with Crippen molar-refractivity contribution in [3.8, 4) is 0 Å². The van der Waals surface area contributed by atoms with Gasteiger partial charge in [0.1, 0.15) is 6.04 Å². The molecule has 3 nitrogen and oxygen atoms in total. The number of likely N-dealkylation sites (tertiary alicyclic amines) is 1. The van der Waals surface area contributed by atoms with Crippen molar-refractivity contribution in [1.82, 2.24) is 4.90 Å². The SMILES string of the molecule is CC[C@H](C(=O)O)N1CCC1. The second-order valence-electron chi connectivity index (χ2n) is 2.65. The van der Waals surface area contributed by atoms with E-state index in [1.54, 1.807) is 0 Å². The average Bonchev–Trinajstić information content (AvgIpc) is 1.76.